The van der Waals surface area contributed by atoms with Gasteiger partial charge in [-0.25, -0.2) is 10.5 Å². The van der Waals surface area contributed by atoms with Gasteiger partial charge in [-0.2, -0.15) is 0 Å². The Morgan fingerprint density at radius 3 is 2.72 bits per heavy atom. The van der Waals surface area contributed by atoms with Gasteiger partial charge in [-0.05, 0) is 63.7 Å². The monoisotopic (exact) mass is 437 g/mol. The highest BCUT2D eigenvalue weighted by Gasteiger charge is 2.20. The van der Waals surface area contributed by atoms with Crippen molar-refractivity contribution in [2.75, 3.05) is 26.2 Å². The van der Waals surface area contributed by atoms with Crippen LogP contribution in [0.15, 0.2) is 53.3 Å². The minimum atomic E-state index is -0.576. The third kappa shape index (κ3) is 5.47. The van der Waals surface area contributed by atoms with E-state index in [1.54, 1.807) is 18.5 Å². The van der Waals surface area contributed by atoms with Crippen LogP contribution < -0.4 is 10.8 Å². The van der Waals surface area contributed by atoms with Crippen LogP contribution in [0.5, 0.6) is 0 Å². The lowest BCUT2D eigenvalue weighted by atomic mass is 9.96. The molecule has 1 amide bonds. The second-order valence-electron chi connectivity index (χ2n) is 8.38. The number of nitrogens with one attached hydrogen (secondary N) is 2. The molecule has 1 aromatic carbocycles. The van der Waals surface area contributed by atoms with Gasteiger partial charge in [-0.1, -0.05) is 30.9 Å². The first-order valence-corrected chi connectivity index (χ1v) is 11.3. The van der Waals surface area contributed by atoms with Crippen molar-refractivity contribution in [1.82, 2.24) is 20.3 Å². The van der Waals surface area contributed by atoms with Crippen molar-refractivity contribution < 1.29 is 10.0 Å². The zero-order valence-electron chi connectivity index (χ0n) is 19.4. The van der Waals surface area contributed by atoms with Gasteiger partial charge in [0.25, 0.3) is 5.91 Å². The molecule has 2 aromatic rings. The number of likely N-dealkylation sites (tertiary alicyclic amines) is 1. The van der Waals surface area contributed by atoms with Crippen LogP contribution in [0.3, 0.4) is 0 Å². The van der Waals surface area contributed by atoms with Crippen molar-refractivity contribution >= 4 is 23.0 Å². The van der Waals surface area contributed by atoms with E-state index in [0.717, 1.165) is 45.4 Å². The molecule has 0 unspecified atom stereocenters. The number of carbonyl (C=O) groups is 1. The number of rotatable bonds is 9. The van der Waals surface area contributed by atoms with E-state index in [2.05, 4.69) is 64.6 Å². The Balaban J connectivity index is 1.42. The van der Waals surface area contributed by atoms with E-state index in [9.17, 15) is 4.79 Å². The maximum Gasteiger partial charge on any atom is 0.275 e. The molecular weight excluding hydrogens is 402 g/mol. The summed E-state index contributed by atoms with van der Waals surface area (Å²) in [5, 5.41) is 13.8. The summed E-state index contributed by atoms with van der Waals surface area (Å²) in [4.78, 5) is 18.0. The number of amides is 1. The zero-order chi connectivity index (χ0) is 23.1. The van der Waals surface area contributed by atoms with Gasteiger partial charge in [0.05, 0.1) is 5.57 Å². The van der Waals surface area contributed by atoms with Crippen LogP contribution in [0.25, 0.3) is 10.9 Å². The Labute approximate surface area is 190 Å². The van der Waals surface area contributed by atoms with Gasteiger partial charge in [-0.15, -0.1) is 0 Å². The quantitative estimate of drug-likeness (QED) is 0.185. The Kier molecular flexibility index (Phi) is 8.25. The van der Waals surface area contributed by atoms with Gasteiger partial charge < -0.3 is 14.8 Å². The molecule has 0 spiro atoms. The van der Waals surface area contributed by atoms with Crippen molar-refractivity contribution in [3.05, 3.63) is 59.6 Å². The summed E-state index contributed by atoms with van der Waals surface area (Å²) in [6.45, 7) is 11.8. The summed E-state index contributed by atoms with van der Waals surface area (Å²) in [6.07, 6.45) is 6.24. The number of para-hydroxylation sites is 1. The largest absolute Gasteiger partial charge is 0.357 e. The van der Waals surface area contributed by atoms with Gasteiger partial charge in [0, 0.05) is 42.9 Å². The van der Waals surface area contributed by atoms with Crippen molar-refractivity contribution in [1.29, 1.82) is 0 Å². The van der Waals surface area contributed by atoms with E-state index in [1.807, 2.05) is 0 Å². The van der Waals surface area contributed by atoms with Gasteiger partial charge in [0.15, 0.2) is 0 Å². The number of aryl methyl sites for hydroxylation is 1. The molecule has 1 aliphatic heterocycles. The van der Waals surface area contributed by atoms with Crippen LogP contribution in [-0.2, 0) is 18.3 Å². The minimum Gasteiger partial charge on any atom is -0.357 e. The van der Waals surface area contributed by atoms with Crippen molar-refractivity contribution in [3.63, 3.8) is 0 Å². The first kappa shape index (κ1) is 23.8. The number of carbonyl (C=O) groups excluding carboxylic acids is 1. The summed E-state index contributed by atoms with van der Waals surface area (Å²) >= 11 is 0. The molecule has 0 bridgehead atoms. The molecule has 1 aliphatic rings. The van der Waals surface area contributed by atoms with E-state index in [1.165, 1.54) is 28.4 Å². The molecule has 3 rings (SSSR count). The highest BCUT2D eigenvalue weighted by molar-refractivity contribution is 6.11. The molecule has 1 aromatic heterocycles. The molecule has 7 heteroatoms. The van der Waals surface area contributed by atoms with Crippen molar-refractivity contribution in [2.45, 2.75) is 33.1 Å². The number of benzene rings is 1. The fourth-order valence-electron chi connectivity index (χ4n) is 4.38. The molecule has 0 saturated carbocycles. The van der Waals surface area contributed by atoms with E-state index in [4.69, 9.17) is 5.21 Å². The molecule has 3 N–H and O–H groups in total. The van der Waals surface area contributed by atoms with E-state index >= 15 is 0 Å². The van der Waals surface area contributed by atoms with E-state index in [0.29, 0.717) is 17.3 Å². The highest BCUT2D eigenvalue weighted by atomic mass is 16.5. The van der Waals surface area contributed by atoms with E-state index in [-0.39, 0.29) is 0 Å². The molecule has 172 valence electrons. The predicted molar refractivity (Wildman–Crippen MR) is 130 cm³/mol. The average Bonchev–Trinajstić information content (AvgIpc) is 3.07. The molecule has 32 heavy (non-hydrogen) atoms. The van der Waals surface area contributed by atoms with Gasteiger partial charge in [-0.3, -0.25) is 10.0 Å². The Morgan fingerprint density at radius 2 is 2.03 bits per heavy atom. The number of hydrogen-bond donors (Lipinski definition) is 3. The maximum atomic E-state index is 11.5. The summed E-state index contributed by atoms with van der Waals surface area (Å²) < 4.78 is 2.28. The first-order valence-electron chi connectivity index (χ1n) is 11.3. The van der Waals surface area contributed by atoms with Gasteiger partial charge >= 0.3 is 0 Å². The number of fused-ring (bicyclic) bond motifs is 1. The number of nitrogens with zero attached hydrogens (tertiary/aromatic N) is 3. The highest BCUT2D eigenvalue weighted by Crippen LogP contribution is 2.25. The molecule has 7 nitrogen and oxygen atoms in total. The Hall–Kier alpha value is -2.90. The van der Waals surface area contributed by atoms with E-state index < -0.39 is 5.91 Å². The topological polar surface area (TPSA) is 81.9 Å². The normalized spacial score (nSPS) is 15.6. The van der Waals surface area contributed by atoms with Crippen LogP contribution in [0, 0.1) is 12.8 Å². The van der Waals surface area contributed by atoms with Crippen LogP contribution in [0.2, 0.25) is 0 Å². The lowest BCUT2D eigenvalue weighted by Gasteiger charge is -2.33. The number of hydrogen-bond acceptors (Lipinski definition) is 5. The molecule has 0 atom stereocenters. The summed E-state index contributed by atoms with van der Waals surface area (Å²) in [6, 6.07) is 8.62. The average molecular weight is 438 g/mol. The molecule has 0 radical (unpaired) electrons. The van der Waals surface area contributed by atoms with Crippen molar-refractivity contribution in [3.8, 4) is 0 Å². The van der Waals surface area contributed by atoms with Crippen LogP contribution >= 0.6 is 0 Å². The first-order chi connectivity index (χ1) is 15.5. The lowest BCUT2D eigenvalue weighted by Crippen LogP contribution is -2.36. The third-order valence-electron chi connectivity index (χ3n) is 6.52. The van der Waals surface area contributed by atoms with Gasteiger partial charge in [0.1, 0.15) is 5.82 Å². The zero-order valence-corrected chi connectivity index (χ0v) is 19.4. The molecule has 1 saturated heterocycles. The summed E-state index contributed by atoms with van der Waals surface area (Å²) in [5.74, 6) is 0.711. The second-order valence-corrected chi connectivity index (χ2v) is 8.38. The minimum absolute atomic E-state index is 0.300. The number of aliphatic imine (C=N–C) groups is 1. The molecule has 1 fully saturated rings. The Bertz CT molecular complexity index is 1010. The standard InChI is InChI=1S/C25H35N5O2/c1-5-21(25(31)28-32)17-27-19(3)30-14-11-20(12-15-30)16-26-13-10-22-18(2)29(4)24-9-7-6-8-23(22)24/h5-9,17,20,26,32H,3,10-16H2,1-2,4H3,(H,28,31)/b21-5+,27-17-. The number of hydroxylamine groups is 1. The molecule has 2 heterocycles. The number of allylic oxidation sites excluding steroid dienone is 1. The Morgan fingerprint density at radius 1 is 1.31 bits per heavy atom. The molecular formula is C25H35N5O2. The number of piperidine rings is 1. The third-order valence-corrected chi connectivity index (χ3v) is 6.52. The van der Waals surface area contributed by atoms with Crippen LogP contribution in [-0.4, -0.2) is 53.0 Å². The smallest absolute Gasteiger partial charge is 0.275 e. The maximum absolute atomic E-state index is 11.5. The SMILES string of the molecule is C=C(/N=C\C(=C/C)C(=O)NO)N1CCC(CNCCc2c(C)n(C)c3ccccc23)CC1. The van der Waals surface area contributed by atoms with Crippen LogP contribution in [0.1, 0.15) is 31.0 Å². The summed E-state index contributed by atoms with van der Waals surface area (Å²) in [5.41, 5.74) is 6.01. The fraction of sp³-hybridized carbons (Fsp3) is 0.440. The predicted octanol–water partition coefficient (Wildman–Crippen LogP) is 3.32. The van der Waals surface area contributed by atoms with Crippen LogP contribution in [0.4, 0.5) is 0 Å². The fourth-order valence-corrected chi connectivity index (χ4v) is 4.38. The lowest BCUT2D eigenvalue weighted by molar-refractivity contribution is -0.124. The van der Waals surface area contributed by atoms with Gasteiger partial charge in [0.2, 0.25) is 0 Å². The summed E-state index contributed by atoms with van der Waals surface area (Å²) in [7, 11) is 2.14. The number of aromatic nitrogens is 1. The second kappa shape index (κ2) is 11.1. The molecule has 0 aliphatic carbocycles. The van der Waals surface area contributed by atoms with Crippen molar-refractivity contribution in [2.24, 2.45) is 18.0 Å².